The van der Waals surface area contributed by atoms with E-state index in [0.29, 0.717) is 6.10 Å². The van der Waals surface area contributed by atoms with E-state index < -0.39 is 0 Å². The van der Waals surface area contributed by atoms with Crippen LogP contribution in [0.15, 0.2) is 54.7 Å². The molecule has 1 unspecified atom stereocenters. The molecular formula is C18H24N2O. The minimum absolute atomic E-state index is 0.131. The van der Waals surface area contributed by atoms with Crippen LogP contribution in [-0.4, -0.2) is 24.2 Å². The highest BCUT2D eigenvalue weighted by Gasteiger charge is 2.13. The molecule has 0 bridgehead atoms. The first kappa shape index (κ1) is 15.7. The van der Waals surface area contributed by atoms with E-state index in [1.54, 1.807) is 0 Å². The number of nitrogens with zero attached hydrogens (tertiary/aromatic N) is 1. The fourth-order valence-electron chi connectivity index (χ4n) is 2.22. The van der Waals surface area contributed by atoms with Crippen molar-refractivity contribution in [1.29, 1.82) is 0 Å². The molecule has 1 N–H and O–H groups in total. The van der Waals surface area contributed by atoms with Crippen LogP contribution in [0.25, 0.3) is 0 Å². The number of benzene rings is 1. The Morgan fingerprint density at radius 3 is 2.48 bits per heavy atom. The molecule has 0 aliphatic heterocycles. The van der Waals surface area contributed by atoms with Gasteiger partial charge in [0.15, 0.2) is 0 Å². The molecule has 0 saturated carbocycles. The van der Waals surface area contributed by atoms with Gasteiger partial charge in [-0.3, -0.25) is 4.98 Å². The molecule has 0 saturated heterocycles. The average Bonchev–Trinajstić information content (AvgIpc) is 2.52. The van der Waals surface area contributed by atoms with E-state index in [1.807, 2.05) is 24.4 Å². The third-order valence-electron chi connectivity index (χ3n) is 3.24. The van der Waals surface area contributed by atoms with Gasteiger partial charge in [-0.1, -0.05) is 36.4 Å². The van der Waals surface area contributed by atoms with E-state index in [9.17, 15) is 0 Å². The normalized spacial score (nSPS) is 12.5. The monoisotopic (exact) mass is 284 g/mol. The first-order chi connectivity index (χ1) is 10.3. The van der Waals surface area contributed by atoms with Crippen LogP contribution in [0.4, 0.5) is 0 Å². The van der Waals surface area contributed by atoms with Gasteiger partial charge in [0.05, 0.1) is 17.8 Å². The van der Waals surface area contributed by atoms with Gasteiger partial charge >= 0.3 is 0 Å². The van der Waals surface area contributed by atoms with Gasteiger partial charge in [-0.05, 0) is 44.5 Å². The number of pyridine rings is 1. The fraction of sp³-hybridized carbons (Fsp3) is 0.389. The molecule has 3 heteroatoms. The maximum atomic E-state index is 5.58. The van der Waals surface area contributed by atoms with Crippen LogP contribution in [0, 0.1) is 0 Å². The number of ether oxygens (including phenoxy) is 1. The summed E-state index contributed by atoms with van der Waals surface area (Å²) in [6.45, 7) is 5.82. The van der Waals surface area contributed by atoms with Gasteiger partial charge in [-0.15, -0.1) is 0 Å². The lowest BCUT2D eigenvalue weighted by molar-refractivity contribution is 0.0768. The summed E-state index contributed by atoms with van der Waals surface area (Å²) in [5.74, 6) is 0. The quantitative estimate of drug-likeness (QED) is 0.752. The second-order valence-corrected chi connectivity index (χ2v) is 5.33. The predicted octanol–water partition coefficient (Wildman–Crippen LogP) is 3.58. The Morgan fingerprint density at radius 2 is 1.81 bits per heavy atom. The lowest BCUT2D eigenvalue weighted by Gasteiger charge is -2.19. The Balaban J connectivity index is 1.97. The topological polar surface area (TPSA) is 34.1 Å². The average molecular weight is 284 g/mol. The third-order valence-corrected chi connectivity index (χ3v) is 3.24. The zero-order valence-electron chi connectivity index (χ0n) is 12.8. The highest BCUT2D eigenvalue weighted by molar-refractivity contribution is 5.27. The Hall–Kier alpha value is -1.71. The molecule has 2 rings (SSSR count). The van der Waals surface area contributed by atoms with Crippen molar-refractivity contribution in [2.24, 2.45) is 0 Å². The van der Waals surface area contributed by atoms with E-state index in [0.717, 1.165) is 25.3 Å². The summed E-state index contributed by atoms with van der Waals surface area (Å²) >= 11 is 0. The molecule has 1 aromatic heterocycles. The van der Waals surface area contributed by atoms with Gasteiger partial charge in [0, 0.05) is 12.8 Å². The van der Waals surface area contributed by atoms with Gasteiger partial charge < -0.3 is 10.1 Å². The Kier molecular flexibility index (Phi) is 6.38. The van der Waals surface area contributed by atoms with Crippen molar-refractivity contribution in [3.05, 3.63) is 66.0 Å². The molecule has 3 nitrogen and oxygen atoms in total. The van der Waals surface area contributed by atoms with Crippen LogP contribution in [0.2, 0.25) is 0 Å². The van der Waals surface area contributed by atoms with Gasteiger partial charge in [-0.25, -0.2) is 0 Å². The van der Waals surface area contributed by atoms with Crippen molar-refractivity contribution in [1.82, 2.24) is 10.3 Å². The molecule has 21 heavy (non-hydrogen) atoms. The summed E-state index contributed by atoms with van der Waals surface area (Å²) in [4.78, 5) is 4.49. The van der Waals surface area contributed by atoms with Crippen LogP contribution in [-0.2, 0) is 4.74 Å². The SMILES string of the molecule is CC(C)OCCCNC(c1ccccc1)c1ccccn1. The molecule has 1 atom stereocenters. The number of nitrogens with one attached hydrogen (secondary N) is 1. The Bertz CT molecular complexity index is 460. The van der Waals surface area contributed by atoms with Crippen LogP contribution >= 0.6 is 0 Å². The second-order valence-electron chi connectivity index (χ2n) is 5.33. The lowest BCUT2D eigenvalue weighted by Crippen LogP contribution is -2.25. The molecule has 0 amide bonds. The number of hydrogen-bond donors (Lipinski definition) is 1. The molecular weight excluding hydrogens is 260 g/mol. The minimum atomic E-state index is 0.131. The molecule has 0 spiro atoms. The zero-order valence-corrected chi connectivity index (χ0v) is 12.8. The molecule has 1 heterocycles. The summed E-state index contributed by atoms with van der Waals surface area (Å²) in [6.07, 6.45) is 3.13. The Labute approximate surface area is 127 Å². The largest absolute Gasteiger partial charge is 0.379 e. The summed E-state index contributed by atoms with van der Waals surface area (Å²) in [5, 5.41) is 3.58. The van der Waals surface area contributed by atoms with Gasteiger partial charge in [-0.2, -0.15) is 0 Å². The summed E-state index contributed by atoms with van der Waals surface area (Å²) in [6, 6.07) is 16.6. The molecule has 2 aromatic rings. The summed E-state index contributed by atoms with van der Waals surface area (Å²) < 4.78 is 5.58. The van der Waals surface area contributed by atoms with E-state index in [4.69, 9.17) is 4.74 Å². The first-order valence-electron chi connectivity index (χ1n) is 7.58. The maximum Gasteiger partial charge on any atom is 0.0751 e. The van der Waals surface area contributed by atoms with Crippen molar-refractivity contribution >= 4 is 0 Å². The minimum Gasteiger partial charge on any atom is -0.379 e. The highest BCUT2D eigenvalue weighted by atomic mass is 16.5. The van der Waals surface area contributed by atoms with Crippen molar-refractivity contribution in [3.63, 3.8) is 0 Å². The first-order valence-corrected chi connectivity index (χ1v) is 7.58. The van der Waals surface area contributed by atoms with Gasteiger partial charge in [0.1, 0.15) is 0 Å². The third kappa shape index (κ3) is 5.29. The molecule has 0 aliphatic rings. The lowest BCUT2D eigenvalue weighted by atomic mass is 10.0. The van der Waals surface area contributed by atoms with Crippen molar-refractivity contribution in [3.8, 4) is 0 Å². The van der Waals surface area contributed by atoms with E-state index in [2.05, 4.69) is 54.5 Å². The summed E-state index contributed by atoms with van der Waals surface area (Å²) in [7, 11) is 0. The molecule has 0 aliphatic carbocycles. The van der Waals surface area contributed by atoms with Crippen LogP contribution < -0.4 is 5.32 Å². The van der Waals surface area contributed by atoms with Crippen LogP contribution in [0.5, 0.6) is 0 Å². The number of rotatable bonds is 8. The number of aromatic nitrogens is 1. The van der Waals surface area contributed by atoms with E-state index >= 15 is 0 Å². The number of hydrogen-bond acceptors (Lipinski definition) is 3. The van der Waals surface area contributed by atoms with Crippen molar-refractivity contribution < 1.29 is 4.74 Å². The predicted molar refractivity (Wildman–Crippen MR) is 86.2 cm³/mol. The van der Waals surface area contributed by atoms with Crippen molar-refractivity contribution in [2.75, 3.05) is 13.2 Å². The van der Waals surface area contributed by atoms with Crippen molar-refractivity contribution in [2.45, 2.75) is 32.4 Å². The summed E-state index contributed by atoms with van der Waals surface area (Å²) in [5.41, 5.74) is 2.29. The molecule has 112 valence electrons. The Morgan fingerprint density at radius 1 is 1.05 bits per heavy atom. The fourth-order valence-corrected chi connectivity index (χ4v) is 2.22. The van der Waals surface area contributed by atoms with Gasteiger partial charge in [0.25, 0.3) is 0 Å². The standard InChI is InChI=1S/C18H24N2O/c1-15(2)21-14-8-13-20-18(16-9-4-3-5-10-16)17-11-6-7-12-19-17/h3-7,9-12,15,18,20H,8,13-14H2,1-2H3. The van der Waals surface area contributed by atoms with Gasteiger partial charge in [0.2, 0.25) is 0 Å². The van der Waals surface area contributed by atoms with E-state index in [-0.39, 0.29) is 6.04 Å². The molecule has 1 aromatic carbocycles. The van der Waals surface area contributed by atoms with Crippen LogP contribution in [0.1, 0.15) is 37.6 Å². The molecule has 0 fully saturated rings. The second kappa shape index (κ2) is 8.55. The smallest absolute Gasteiger partial charge is 0.0751 e. The zero-order chi connectivity index (χ0) is 14.9. The highest BCUT2D eigenvalue weighted by Crippen LogP contribution is 2.19. The molecule has 0 radical (unpaired) electrons. The van der Waals surface area contributed by atoms with E-state index in [1.165, 1.54) is 5.56 Å². The van der Waals surface area contributed by atoms with Crippen LogP contribution in [0.3, 0.4) is 0 Å². The maximum absolute atomic E-state index is 5.58.